The minimum atomic E-state index is -1.03. The summed E-state index contributed by atoms with van der Waals surface area (Å²) in [5.41, 5.74) is 1.11. The number of fused-ring (bicyclic) bond motifs is 1. The van der Waals surface area contributed by atoms with Gasteiger partial charge in [-0.05, 0) is 57.0 Å². The third-order valence-electron chi connectivity index (χ3n) is 5.33. The van der Waals surface area contributed by atoms with Gasteiger partial charge in [0.2, 0.25) is 0 Å². The van der Waals surface area contributed by atoms with Gasteiger partial charge in [-0.15, -0.1) is 0 Å². The predicted molar refractivity (Wildman–Crippen MR) is 110 cm³/mol. The maximum absolute atomic E-state index is 14.4. The zero-order chi connectivity index (χ0) is 21.5. The Morgan fingerprint density at radius 2 is 2.10 bits per heavy atom. The van der Waals surface area contributed by atoms with Crippen molar-refractivity contribution in [3.05, 3.63) is 65.5 Å². The monoisotopic (exact) mass is 414 g/mol. The molecule has 1 saturated heterocycles. The van der Waals surface area contributed by atoms with Crippen molar-refractivity contribution in [1.82, 2.24) is 14.9 Å². The second-order valence-electron chi connectivity index (χ2n) is 8.29. The molecule has 4 rings (SSSR count). The first-order valence-electron chi connectivity index (χ1n) is 9.92. The largest absolute Gasteiger partial charge is 0.389 e. The number of carbonyl (C=O) groups excluding carboxylic acids is 1. The lowest BCUT2D eigenvalue weighted by Crippen LogP contribution is -2.38. The van der Waals surface area contributed by atoms with E-state index in [2.05, 4.69) is 10.4 Å². The molecule has 1 aromatic carbocycles. The third kappa shape index (κ3) is 4.00. The molecule has 3 aromatic rings. The summed E-state index contributed by atoms with van der Waals surface area (Å²) in [6, 6.07) is 6.95. The topological polar surface area (TPSA) is 69.9 Å². The Bertz CT molecular complexity index is 1090. The molecule has 6 nitrogen and oxygen atoms in total. The maximum Gasteiger partial charge on any atom is 0.255 e. The Balaban J connectivity index is 1.66. The molecule has 0 radical (unpaired) electrons. The van der Waals surface area contributed by atoms with Crippen molar-refractivity contribution in [1.29, 1.82) is 0 Å². The Kier molecular flexibility index (Phi) is 5.19. The van der Waals surface area contributed by atoms with Crippen molar-refractivity contribution in [3.63, 3.8) is 0 Å². The van der Waals surface area contributed by atoms with E-state index in [1.54, 1.807) is 24.6 Å². The minimum absolute atomic E-state index is 0.107. The Hall–Kier alpha value is -3.00. The van der Waals surface area contributed by atoms with Gasteiger partial charge in [0.15, 0.2) is 0 Å². The van der Waals surface area contributed by atoms with Gasteiger partial charge in [-0.3, -0.25) is 4.79 Å². The molecule has 30 heavy (non-hydrogen) atoms. The number of pyridine rings is 1. The van der Waals surface area contributed by atoms with E-state index in [0.717, 1.165) is 24.2 Å². The van der Waals surface area contributed by atoms with E-state index in [1.165, 1.54) is 12.3 Å². The molecule has 1 amide bonds. The van der Waals surface area contributed by atoms with Crippen LogP contribution in [0.5, 0.6) is 0 Å². The summed E-state index contributed by atoms with van der Waals surface area (Å²) in [6.07, 6.45) is 4.79. The van der Waals surface area contributed by atoms with Gasteiger partial charge in [-0.1, -0.05) is 0 Å². The molecule has 1 fully saturated rings. The number of anilines is 1. The van der Waals surface area contributed by atoms with Crippen molar-refractivity contribution >= 4 is 17.1 Å². The van der Waals surface area contributed by atoms with Crippen LogP contribution in [0.2, 0.25) is 0 Å². The van der Waals surface area contributed by atoms with Crippen LogP contribution >= 0.6 is 0 Å². The fraction of sp³-hybridized carbons (Fsp3) is 0.364. The highest BCUT2D eigenvalue weighted by atomic mass is 19.1. The number of halogens is 2. The molecule has 0 bridgehead atoms. The van der Waals surface area contributed by atoms with E-state index in [1.807, 2.05) is 17.0 Å². The summed E-state index contributed by atoms with van der Waals surface area (Å²) in [5.74, 6) is -1.22. The van der Waals surface area contributed by atoms with Crippen LogP contribution in [-0.2, 0) is 0 Å². The average molecular weight is 414 g/mol. The summed E-state index contributed by atoms with van der Waals surface area (Å²) in [4.78, 5) is 14.6. The number of nitrogens with zero attached hydrogens (tertiary/aromatic N) is 3. The summed E-state index contributed by atoms with van der Waals surface area (Å²) < 4.78 is 29.7. The van der Waals surface area contributed by atoms with Crippen molar-refractivity contribution in [2.75, 3.05) is 18.0 Å². The number of rotatable bonds is 5. The first-order chi connectivity index (χ1) is 14.2. The lowest BCUT2D eigenvalue weighted by atomic mass is 10.0. The number of hydrogen-bond acceptors (Lipinski definition) is 4. The molecular weight excluding hydrogens is 390 g/mol. The molecule has 2 aromatic heterocycles. The standard InChI is InChI=1S/C22H24F2N4O2/c1-22(2,30)13-25-21(29)17-12-26-28-9-7-15(11-20(17)28)27-8-3-4-19(27)16-10-14(23)5-6-18(16)24/h5-7,9-12,19,30H,3-4,8,13H2,1-2H3,(H,25,29)/t19-/m1/s1. The van der Waals surface area contributed by atoms with Gasteiger partial charge in [0.05, 0.1) is 28.9 Å². The maximum atomic E-state index is 14.4. The van der Waals surface area contributed by atoms with E-state index in [9.17, 15) is 18.7 Å². The number of amides is 1. The smallest absolute Gasteiger partial charge is 0.255 e. The van der Waals surface area contributed by atoms with E-state index in [0.29, 0.717) is 29.6 Å². The van der Waals surface area contributed by atoms with Gasteiger partial charge in [-0.25, -0.2) is 13.3 Å². The normalized spacial score (nSPS) is 17.0. The Morgan fingerprint density at radius 1 is 1.30 bits per heavy atom. The zero-order valence-electron chi connectivity index (χ0n) is 16.9. The molecule has 8 heteroatoms. The van der Waals surface area contributed by atoms with Crippen LogP contribution < -0.4 is 10.2 Å². The molecule has 3 heterocycles. The summed E-state index contributed by atoms with van der Waals surface area (Å²) in [7, 11) is 0. The number of aromatic nitrogens is 2. The summed E-state index contributed by atoms with van der Waals surface area (Å²) in [6.45, 7) is 4.03. The highest BCUT2D eigenvalue weighted by Crippen LogP contribution is 2.38. The molecule has 2 N–H and O–H groups in total. The summed E-state index contributed by atoms with van der Waals surface area (Å²) >= 11 is 0. The molecule has 1 atom stereocenters. The van der Waals surface area contributed by atoms with Crippen molar-refractivity contribution in [2.45, 2.75) is 38.3 Å². The Morgan fingerprint density at radius 3 is 2.87 bits per heavy atom. The molecule has 0 aliphatic carbocycles. The Labute approximate surface area is 173 Å². The zero-order valence-corrected chi connectivity index (χ0v) is 16.9. The van der Waals surface area contributed by atoms with Crippen LogP contribution in [0, 0.1) is 11.6 Å². The number of nitrogens with one attached hydrogen (secondary N) is 1. The van der Waals surface area contributed by atoms with Crippen molar-refractivity contribution in [2.24, 2.45) is 0 Å². The van der Waals surface area contributed by atoms with Gasteiger partial charge in [0.1, 0.15) is 11.6 Å². The molecule has 158 valence electrons. The van der Waals surface area contributed by atoms with Crippen LogP contribution in [0.3, 0.4) is 0 Å². The third-order valence-corrected chi connectivity index (χ3v) is 5.33. The number of aliphatic hydroxyl groups is 1. The lowest BCUT2D eigenvalue weighted by molar-refractivity contribution is 0.0695. The average Bonchev–Trinajstić information content (AvgIpc) is 3.34. The van der Waals surface area contributed by atoms with Crippen LogP contribution in [0.25, 0.3) is 5.52 Å². The fourth-order valence-electron chi connectivity index (χ4n) is 3.88. The molecule has 0 unspecified atom stereocenters. The number of hydrogen-bond donors (Lipinski definition) is 2. The second kappa shape index (κ2) is 7.68. The molecule has 0 saturated carbocycles. The van der Waals surface area contributed by atoms with Gasteiger partial charge in [0.25, 0.3) is 5.91 Å². The fourth-order valence-corrected chi connectivity index (χ4v) is 3.88. The van der Waals surface area contributed by atoms with E-state index >= 15 is 0 Å². The van der Waals surface area contributed by atoms with Gasteiger partial charge < -0.3 is 15.3 Å². The lowest BCUT2D eigenvalue weighted by Gasteiger charge is -2.27. The van der Waals surface area contributed by atoms with E-state index < -0.39 is 17.2 Å². The van der Waals surface area contributed by atoms with E-state index in [-0.39, 0.29) is 18.5 Å². The molecular formula is C22H24F2N4O2. The van der Waals surface area contributed by atoms with Gasteiger partial charge in [0, 0.05) is 30.5 Å². The first kappa shape index (κ1) is 20.3. The molecule has 1 aliphatic rings. The second-order valence-corrected chi connectivity index (χ2v) is 8.29. The van der Waals surface area contributed by atoms with Crippen LogP contribution in [-0.4, -0.2) is 39.3 Å². The van der Waals surface area contributed by atoms with Gasteiger partial charge >= 0.3 is 0 Å². The number of benzene rings is 1. The SMILES string of the molecule is CC(C)(O)CNC(=O)c1cnn2ccc(N3CCC[C@@H]3c3cc(F)ccc3F)cc12. The van der Waals surface area contributed by atoms with Crippen molar-refractivity contribution in [3.8, 4) is 0 Å². The van der Waals surface area contributed by atoms with E-state index in [4.69, 9.17) is 0 Å². The quantitative estimate of drug-likeness (QED) is 0.671. The molecule has 1 aliphatic heterocycles. The van der Waals surface area contributed by atoms with Crippen LogP contribution in [0.15, 0.2) is 42.7 Å². The minimum Gasteiger partial charge on any atom is -0.389 e. The van der Waals surface area contributed by atoms with Crippen LogP contribution in [0.4, 0.5) is 14.5 Å². The summed E-state index contributed by atoms with van der Waals surface area (Å²) in [5, 5.41) is 16.8. The highest BCUT2D eigenvalue weighted by Gasteiger charge is 2.29. The van der Waals surface area contributed by atoms with Gasteiger partial charge in [-0.2, -0.15) is 5.10 Å². The van der Waals surface area contributed by atoms with Crippen molar-refractivity contribution < 1.29 is 18.7 Å². The molecule has 0 spiro atoms. The highest BCUT2D eigenvalue weighted by molar-refractivity contribution is 6.01. The number of carbonyl (C=O) groups is 1. The first-order valence-corrected chi connectivity index (χ1v) is 9.92. The predicted octanol–water partition coefficient (Wildman–Crippen LogP) is 3.45. The van der Waals surface area contributed by atoms with Crippen LogP contribution in [0.1, 0.15) is 48.7 Å².